The Morgan fingerprint density at radius 3 is 2.64 bits per heavy atom. The van der Waals surface area contributed by atoms with Gasteiger partial charge in [-0.15, -0.1) is 0 Å². The molecule has 0 bridgehead atoms. The van der Waals surface area contributed by atoms with Crippen molar-refractivity contribution in [1.29, 1.82) is 0 Å². The molecular weight excluding hydrogens is 328 g/mol. The minimum Gasteiger partial charge on any atom is -0.464 e. The Labute approximate surface area is 95.3 Å². The van der Waals surface area contributed by atoms with E-state index in [-0.39, 0.29) is 5.69 Å². The second-order valence-corrected chi connectivity index (χ2v) is 4.24. The predicted molar refractivity (Wildman–Crippen MR) is 52.6 cm³/mol. The Kier molecular flexibility index (Phi) is 3.31. The zero-order chi connectivity index (χ0) is 10.9. The number of ether oxygens (including phenoxy) is 1. The molecule has 3 nitrogen and oxygen atoms in total. The zero-order valence-corrected chi connectivity index (χ0v) is 10.1. The van der Waals surface area contributed by atoms with Crippen molar-refractivity contribution in [2.24, 2.45) is 0 Å². The molecule has 1 heterocycles. The average molecular weight is 333 g/mol. The smallest absolute Gasteiger partial charge is 0.387 e. The molecule has 14 heavy (non-hydrogen) atoms. The molecule has 0 aliphatic carbocycles. The average Bonchev–Trinajstić information content (AvgIpc) is 2.45. The summed E-state index contributed by atoms with van der Waals surface area (Å²) in [5.41, 5.74) is -0.235. The molecule has 0 N–H and O–H groups in total. The van der Waals surface area contributed by atoms with Crippen molar-refractivity contribution in [1.82, 2.24) is 4.57 Å². The topological polar surface area (TPSA) is 31.2 Å². The van der Waals surface area contributed by atoms with Crippen LogP contribution < -0.4 is 0 Å². The number of alkyl halides is 3. The summed E-state index contributed by atoms with van der Waals surface area (Å²) in [5.74, 6) is -0.824. The van der Waals surface area contributed by atoms with Gasteiger partial charge in [0.1, 0.15) is 5.69 Å². The van der Waals surface area contributed by atoms with E-state index in [0.717, 1.165) is 13.3 Å². The van der Waals surface area contributed by atoms with E-state index >= 15 is 0 Å². The maximum absolute atomic E-state index is 12.9. The molecule has 0 saturated carbocycles. The van der Waals surface area contributed by atoms with Gasteiger partial charge >= 0.3 is 10.9 Å². The molecule has 0 atom stereocenters. The molecular formula is C7H5Br2F2NO2. The van der Waals surface area contributed by atoms with Crippen molar-refractivity contribution in [3.8, 4) is 0 Å². The third kappa shape index (κ3) is 2.33. The number of esters is 1. The van der Waals surface area contributed by atoms with Gasteiger partial charge in [-0.25, -0.2) is 4.79 Å². The minimum atomic E-state index is -3.32. The predicted octanol–water partition coefficient (Wildman–Crippen LogP) is 2.94. The number of hydrogen-bond acceptors (Lipinski definition) is 2. The quantitative estimate of drug-likeness (QED) is 0.616. The third-order valence-corrected chi connectivity index (χ3v) is 2.27. The zero-order valence-electron chi connectivity index (χ0n) is 6.93. The van der Waals surface area contributed by atoms with Crippen molar-refractivity contribution < 1.29 is 18.3 Å². The Balaban J connectivity index is 3.23. The molecule has 0 aliphatic rings. The minimum absolute atomic E-state index is 0.235. The highest BCUT2D eigenvalue weighted by molar-refractivity contribution is 9.10. The van der Waals surface area contributed by atoms with Gasteiger partial charge < -0.3 is 4.74 Å². The lowest BCUT2D eigenvalue weighted by atomic mass is 10.4. The van der Waals surface area contributed by atoms with E-state index in [0.29, 0.717) is 9.04 Å². The molecule has 0 fully saturated rings. The van der Waals surface area contributed by atoms with Gasteiger partial charge in [0.25, 0.3) is 0 Å². The molecule has 0 spiro atoms. The first-order valence-electron chi connectivity index (χ1n) is 3.39. The first-order valence-corrected chi connectivity index (χ1v) is 4.98. The standard InChI is InChI=1S/C7H5Br2F2NO2/c1-14-6(13)5-2-4(8)3-12(5)7(9,10)11/h2-3H,1H3. The molecule has 0 unspecified atom stereocenters. The van der Waals surface area contributed by atoms with Crippen LogP contribution in [-0.4, -0.2) is 17.6 Å². The summed E-state index contributed by atoms with van der Waals surface area (Å²) < 4.78 is 31.0. The van der Waals surface area contributed by atoms with Crippen LogP contribution >= 0.6 is 31.9 Å². The van der Waals surface area contributed by atoms with E-state index in [9.17, 15) is 13.6 Å². The summed E-state index contributed by atoms with van der Waals surface area (Å²) in [6.45, 7) is 0. The number of aromatic nitrogens is 1. The summed E-state index contributed by atoms with van der Waals surface area (Å²) in [7, 11) is 1.12. The van der Waals surface area contributed by atoms with Crippen molar-refractivity contribution >= 4 is 37.8 Å². The van der Waals surface area contributed by atoms with E-state index in [1.807, 2.05) is 0 Å². The Hall–Kier alpha value is -0.430. The van der Waals surface area contributed by atoms with Gasteiger partial charge in [-0.1, -0.05) is 0 Å². The van der Waals surface area contributed by atoms with E-state index < -0.39 is 10.9 Å². The monoisotopic (exact) mass is 331 g/mol. The van der Waals surface area contributed by atoms with Gasteiger partial charge in [0.15, 0.2) is 0 Å². The van der Waals surface area contributed by atoms with Crippen LogP contribution in [0, 0.1) is 0 Å². The lowest BCUT2D eigenvalue weighted by Gasteiger charge is -2.12. The second kappa shape index (κ2) is 3.98. The van der Waals surface area contributed by atoms with E-state index in [4.69, 9.17) is 0 Å². The van der Waals surface area contributed by atoms with Crippen LogP contribution in [0.2, 0.25) is 0 Å². The van der Waals surface area contributed by atoms with Crippen molar-refractivity contribution in [3.05, 3.63) is 22.4 Å². The van der Waals surface area contributed by atoms with Crippen LogP contribution in [0.3, 0.4) is 0 Å². The van der Waals surface area contributed by atoms with Crippen LogP contribution in [0.15, 0.2) is 16.7 Å². The maximum atomic E-state index is 12.9. The van der Waals surface area contributed by atoms with Gasteiger partial charge in [-0.05, 0) is 22.0 Å². The van der Waals surface area contributed by atoms with E-state index in [2.05, 4.69) is 36.6 Å². The Morgan fingerprint density at radius 2 is 2.21 bits per heavy atom. The van der Waals surface area contributed by atoms with Crippen LogP contribution in [0.5, 0.6) is 0 Å². The summed E-state index contributed by atoms with van der Waals surface area (Å²) in [6, 6.07) is 1.25. The summed E-state index contributed by atoms with van der Waals surface area (Å²) >= 11 is 5.14. The summed E-state index contributed by atoms with van der Waals surface area (Å²) in [5, 5.41) is 0. The van der Waals surface area contributed by atoms with Crippen LogP contribution in [0.25, 0.3) is 0 Å². The first-order chi connectivity index (χ1) is 6.36. The van der Waals surface area contributed by atoms with Gasteiger partial charge in [0.2, 0.25) is 0 Å². The fourth-order valence-electron chi connectivity index (χ4n) is 0.902. The highest BCUT2D eigenvalue weighted by Gasteiger charge is 2.31. The first kappa shape index (κ1) is 11.6. The molecule has 0 aliphatic heterocycles. The Morgan fingerprint density at radius 1 is 1.64 bits per heavy atom. The number of nitrogens with zero attached hydrogens (tertiary/aromatic N) is 1. The molecule has 0 aromatic carbocycles. The molecule has 7 heteroatoms. The number of hydrogen-bond donors (Lipinski definition) is 0. The molecule has 1 aromatic rings. The highest BCUT2D eigenvalue weighted by Crippen LogP contribution is 2.32. The summed E-state index contributed by atoms with van der Waals surface area (Å²) in [4.78, 5) is 7.76. The second-order valence-electron chi connectivity index (χ2n) is 2.37. The lowest BCUT2D eigenvalue weighted by Crippen LogP contribution is -2.19. The maximum Gasteiger partial charge on any atom is 0.387 e. The fourth-order valence-corrected chi connectivity index (χ4v) is 1.62. The number of carbonyl (C=O) groups is 1. The molecule has 0 saturated heterocycles. The number of methoxy groups -OCH3 is 1. The molecule has 1 rings (SSSR count). The molecule has 78 valence electrons. The van der Waals surface area contributed by atoms with Gasteiger partial charge in [-0.3, -0.25) is 4.57 Å². The third-order valence-electron chi connectivity index (χ3n) is 1.45. The number of carbonyl (C=O) groups excluding carboxylic acids is 1. The normalized spacial score (nSPS) is 11.5. The van der Waals surface area contributed by atoms with Gasteiger partial charge in [0, 0.05) is 26.6 Å². The van der Waals surface area contributed by atoms with Crippen molar-refractivity contribution in [2.45, 2.75) is 4.96 Å². The van der Waals surface area contributed by atoms with Gasteiger partial charge in [0.05, 0.1) is 7.11 Å². The number of rotatable bonds is 2. The molecule has 1 aromatic heterocycles. The molecule has 0 radical (unpaired) electrons. The SMILES string of the molecule is COC(=O)c1cc(Br)cn1C(F)(F)Br. The highest BCUT2D eigenvalue weighted by atomic mass is 79.9. The summed E-state index contributed by atoms with van der Waals surface area (Å²) in [6.07, 6.45) is 1.08. The Bertz CT molecular complexity index is 359. The molecule has 0 amide bonds. The lowest BCUT2D eigenvalue weighted by molar-refractivity contribution is 0.0246. The fraction of sp³-hybridized carbons (Fsp3) is 0.286. The van der Waals surface area contributed by atoms with Crippen LogP contribution in [0.1, 0.15) is 10.5 Å². The van der Waals surface area contributed by atoms with Crippen LogP contribution in [-0.2, 0) is 9.69 Å². The van der Waals surface area contributed by atoms with Crippen molar-refractivity contribution in [2.75, 3.05) is 7.11 Å². The van der Waals surface area contributed by atoms with Gasteiger partial charge in [-0.2, -0.15) is 8.78 Å². The number of halogens is 4. The van der Waals surface area contributed by atoms with Crippen LogP contribution in [0.4, 0.5) is 8.78 Å². The van der Waals surface area contributed by atoms with Crippen molar-refractivity contribution in [3.63, 3.8) is 0 Å². The van der Waals surface area contributed by atoms with E-state index in [1.54, 1.807) is 0 Å². The van der Waals surface area contributed by atoms with E-state index in [1.165, 1.54) is 6.07 Å². The largest absolute Gasteiger partial charge is 0.464 e.